The molecule has 11 heteroatoms. The van der Waals surface area contributed by atoms with E-state index in [0.29, 0.717) is 33.8 Å². The first-order chi connectivity index (χ1) is 17.5. The van der Waals surface area contributed by atoms with E-state index in [1.807, 2.05) is 36.5 Å². The van der Waals surface area contributed by atoms with Gasteiger partial charge >= 0.3 is 0 Å². The highest BCUT2D eigenvalue weighted by Gasteiger charge is 2.16. The Morgan fingerprint density at radius 2 is 1.94 bits per heavy atom. The number of benzene rings is 1. The number of piperazine rings is 1. The zero-order valence-corrected chi connectivity index (χ0v) is 21.2. The highest BCUT2D eigenvalue weighted by molar-refractivity contribution is 6.33. The average molecular weight is 508 g/mol. The van der Waals surface area contributed by atoms with Crippen LogP contribution in [0, 0.1) is 0 Å². The maximum Gasteiger partial charge on any atom is 0.227 e. The maximum atomic E-state index is 6.46. The van der Waals surface area contributed by atoms with Gasteiger partial charge < -0.3 is 26.0 Å². The monoisotopic (exact) mass is 507 g/mol. The third-order valence-electron chi connectivity index (χ3n) is 6.38. The topological polar surface area (TPSA) is 109 Å². The molecule has 4 aromatic rings. The number of anilines is 4. The molecule has 0 aliphatic carbocycles. The van der Waals surface area contributed by atoms with Crippen molar-refractivity contribution in [2.24, 2.45) is 0 Å². The first kappa shape index (κ1) is 24.1. The fourth-order valence-electron chi connectivity index (χ4n) is 4.29. The Kier molecular flexibility index (Phi) is 7.08. The number of hydrogen-bond donors (Lipinski definition) is 3. The van der Waals surface area contributed by atoms with Crippen LogP contribution < -0.4 is 21.1 Å². The van der Waals surface area contributed by atoms with Crippen LogP contribution in [0.15, 0.2) is 48.9 Å². The number of ether oxygens (including phenoxy) is 1. The largest absolute Gasteiger partial charge is 0.494 e. The summed E-state index contributed by atoms with van der Waals surface area (Å²) in [6.45, 7) is 6.12. The molecule has 4 N–H and O–H groups in total. The van der Waals surface area contributed by atoms with Crippen LogP contribution in [0.1, 0.15) is 0 Å². The number of hydrogen-bond acceptors (Lipinski definition) is 9. The summed E-state index contributed by atoms with van der Waals surface area (Å²) in [5, 5.41) is 11.5. The molecule has 5 rings (SSSR count). The molecule has 3 aromatic heterocycles. The van der Waals surface area contributed by atoms with Gasteiger partial charge in [-0.3, -0.25) is 4.90 Å². The Hall–Kier alpha value is -3.60. The summed E-state index contributed by atoms with van der Waals surface area (Å²) in [4.78, 5) is 13.8. The Bertz CT molecular complexity index is 1350. The van der Waals surface area contributed by atoms with Gasteiger partial charge in [0.25, 0.3) is 0 Å². The van der Waals surface area contributed by atoms with Crippen LogP contribution >= 0.6 is 11.6 Å². The number of halogens is 1. The van der Waals surface area contributed by atoms with Gasteiger partial charge in [0.15, 0.2) is 0 Å². The third-order valence-corrected chi connectivity index (χ3v) is 6.66. The third kappa shape index (κ3) is 5.15. The zero-order valence-electron chi connectivity index (χ0n) is 20.4. The molecule has 1 aliphatic rings. The number of likely N-dealkylation sites (N-methyl/N-ethyl adjacent to an activating group) is 1. The minimum absolute atomic E-state index is 0.373. The predicted octanol–water partition coefficient (Wildman–Crippen LogP) is 3.44. The van der Waals surface area contributed by atoms with Gasteiger partial charge in [-0.15, -0.1) is 0 Å². The van der Waals surface area contributed by atoms with E-state index in [1.54, 1.807) is 24.0 Å². The molecule has 188 valence electrons. The normalized spacial score (nSPS) is 14.8. The highest BCUT2D eigenvalue weighted by Crippen LogP contribution is 2.36. The van der Waals surface area contributed by atoms with Crippen molar-refractivity contribution in [3.63, 3.8) is 0 Å². The lowest BCUT2D eigenvalue weighted by molar-refractivity contribution is 0.158. The van der Waals surface area contributed by atoms with Crippen molar-refractivity contribution in [1.82, 2.24) is 29.4 Å². The Balaban J connectivity index is 1.32. The summed E-state index contributed by atoms with van der Waals surface area (Å²) >= 11 is 6.46. The molecule has 1 aromatic carbocycles. The van der Waals surface area contributed by atoms with E-state index in [-0.39, 0.29) is 0 Å². The SMILES string of the molecule is COc1cc(NCCN2CCN(C)CC2)c(N)cc1Nc1ncc(Cl)c(-c2cnn3ccccc23)n1. The molecule has 0 atom stereocenters. The summed E-state index contributed by atoms with van der Waals surface area (Å²) in [5.41, 5.74) is 10.8. The van der Waals surface area contributed by atoms with Gasteiger partial charge in [0.1, 0.15) is 5.75 Å². The van der Waals surface area contributed by atoms with Crippen molar-refractivity contribution in [3.8, 4) is 17.0 Å². The molecule has 0 bridgehead atoms. The minimum atomic E-state index is 0.373. The molecular weight excluding hydrogens is 478 g/mol. The fraction of sp³-hybridized carbons (Fsp3) is 0.320. The Morgan fingerprint density at radius 3 is 2.75 bits per heavy atom. The van der Waals surface area contributed by atoms with Gasteiger partial charge in [0.2, 0.25) is 5.95 Å². The van der Waals surface area contributed by atoms with Crippen LogP contribution in [-0.2, 0) is 0 Å². The molecule has 36 heavy (non-hydrogen) atoms. The van der Waals surface area contributed by atoms with E-state index in [4.69, 9.17) is 22.1 Å². The van der Waals surface area contributed by atoms with Crippen molar-refractivity contribution in [2.75, 3.05) is 69.8 Å². The Morgan fingerprint density at radius 1 is 1.11 bits per heavy atom. The molecule has 0 spiro atoms. The first-order valence-electron chi connectivity index (χ1n) is 11.9. The minimum Gasteiger partial charge on any atom is -0.494 e. The Labute approximate surface area is 215 Å². The van der Waals surface area contributed by atoms with Gasteiger partial charge in [-0.2, -0.15) is 5.10 Å². The van der Waals surface area contributed by atoms with Gasteiger partial charge in [0.05, 0.1) is 52.8 Å². The molecule has 0 saturated carbocycles. The smallest absolute Gasteiger partial charge is 0.227 e. The van der Waals surface area contributed by atoms with E-state index >= 15 is 0 Å². The predicted molar refractivity (Wildman–Crippen MR) is 144 cm³/mol. The molecule has 1 aliphatic heterocycles. The van der Waals surface area contributed by atoms with Gasteiger partial charge in [-0.1, -0.05) is 17.7 Å². The number of rotatable bonds is 8. The van der Waals surface area contributed by atoms with Crippen molar-refractivity contribution in [1.29, 1.82) is 0 Å². The zero-order chi connectivity index (χ0) is 25.1. The van der Waals surface area contributed by atoms with Crippen LogP contribution in [0.2, 0.25) is 5.02 Å². The molecule has 1 saturated heterocycles. The molecular formula is C25H30ClN9O. The molecule has 0 radical (unpaired) electrons. The van der Waals surface area contributed by atoms with Crippen molar-refractivity contribution < 1.29 is 4.74 Å². The van der Waals surface area contributed by atoms with E-state index in [1.165, 1.54) is 0 Å². The number of nitrogens with two attached hydrogens (primary N) is 1. The second-order valence-electron chi connectivity index (χ2n) is 8.82. The first-order valence-corrected chi connectivity index (χ1v) is 12.2. The second-order valence-corrected chi connectivity index (χ2v) is 9.22. The number of nitrogens with zero attached hydrogens (tertiary/aromatic N) is 6. The van der Waals surface area contributed by atoms with Crippen molar-refractivity contribution >= 4 is 40.1 Å². The summed E-state index contributed by atoms with van der Waals surface area (Å²) in [6, 6.07) is 9.55. The quantitative estimate of drug-likeness (QED) is 0.309. The van der Waals surface area contributed by atoms with Gasteiger partial charge in [-0.25, -0.2) is 14.5 Å². The molecule has 10 nitrogen and oxygen atoms in total. The summed E-state index contributed by atoms with van der Waals surface area (Å²) in [6.07, 6.45) is 5.19. The van der Waals surface area contributed by atoms with E-state index in [2.05, 4.69) is 42.5 Å². The molecule has 0 unspecified atom stereocenters. The summed E-state index contributed by atoms with van der Waals surface area (Å²) in [5.74, 6) is 1.00. The number of methoxy groups -OCH3 is 1. The number of nitrogen functional groups attached to an aromatic ring is 1. The summed E-state index contributed by atoms with van der Waals surface area (Å²) in [7, 11) is 3.78. The lowest BCUT2D eigenvalue weighted by Gasteiger charge is -2.32. The number of fused-ring (bicyclic) bond motifs is 1. The average Bonchev–Trinajstić information content (AvgIpc) is 3.31. The van der Waals surface area contributed by atoms with Gasteiger partial charge in [0, 0.05) is 57.1 Å². The molecule has 4 heterocycles. The van der Waals surface area contributed by atoms with Crippen LogP contribution in [-0.4, -0.2) is 82.8 Å². The van der Waals surface area contributed by atoms with Crippen LogP contribution in [0.5, 0.6) is 5.75 Å². The molecule has 1 fully saturated rings. The number of pyridine rings is 1. The van der Waals surface area contributed by atoms with E-state index in [0.717, 1.165) is 56.0 Å². The number of aromatic nitrogens is 4. The van der Waals surface area contributed by atoms with Crippen molar-refractivity contribution in [2.45, 2.75) is 0 Å². The highest BCUT2D eigenvalue weighted by atomic mass is 35.5. The lowest BCUT2D eigenvalue weighted by Crippen LogP contribution is -2.45. The van der Waals surface area contributed by atoms with E-state index < -0.39 is 0 Å². The maximum absolute atomic E-state index is 6.46. The van der Waals surface area contributed by atoms with Gasteiger partial charge in [-0.05, 0) is 25.2 Å². The molecule has 0 amide bonds. The number of nitrogens with one attached hydrogen (secondary N) is 2. The second kappa shape index (κ2) is 10.6. The van der Waals surface area contributed by atoms with Crippen LogP contribution in [0.4, 0.5) is 23.0 Å². The van der Waals surface area contributed by atoms with E-state index in [9.17, 15) is 0 Å². The van der Waals surface area contributed by atoms with Crippen molar-refractivity contribution in [3.05, 3.63) is 53.9 Å². The van der Waals surface area contributed by atoms with Crippen LogP contribution in [0.25, 0.3) is 16.8 Å². The standard InChI is InChI=1S/C25H30ClN9O/c1-33-9-11-34(12-10-33)8-6-28-20-14-23(36-2)21(13-19(20)27)31-25-29-16-18(26)24(32-25)17-15-30-35-7-4-3-5-22(17)35/h3-5,7,13-16,28H,6,8-12,27H2,1-2H3,(H,29,31,32). The lowest BCUT2D eigenvalue weighted by atomic mass is 10.2. The fourth-order valence-corrected chi connectivity index (χ4v) is 4.48. The van der Waals surface area contributed by atoms with Crippen LogP contribution in [0.3, 0.4) is 0 Å². The summed E-state index contributed by atoms with van der Waals surface area (Å²) < 4.78 is 7.41.